The third-order valence-corrected chi connectivity index (χ3v) is 6.09. The second-order valence-electron chi connectivity index (χ2n) is 8.03. The zero-order valence-corrected chi connectivity index (χ0v) is 17.5. The van der Waals surface area contributed by atoms with E-state index in [0.717, 1.165) is 30.6 Å². The van der Waals surface area contributed by atoms with Crippen molar-refractivity contribution < 1.29 is 19.7 Å². The Balaban J connectivity index is 1.75. The molecule has 1 aromatic carbocycles. The number of ether oxygens (including phenoxy) is 2. The van der Waals surface area contributed by atoms with Crippen molar-refractivity contribution in [1.29, 1.82) is 0 Å². The summed E-state index contributed by atoms with van der Waals surface area (Å²) in [6.07, 6.45) is 7.27. The predicted molar refractivity (Wildman–Crippen MR) is 112 cm³/mol. The Morgan fingerprint density at radius 3 is 2.57 bits per heavy atom. The molecule has 2 aliphatic rings. The van der Waals surface area contributed by atoms with Crippen LogP contribution in [0.3, 0.4) is 0 Å². The number of hydrogen-bond donors (Lipinski definition) is 2. The highest BCUT2D eigenvalue weighted by atomic mass is 35.5. The molecule has 1 fully saturated rings. The smallest absolute Gasteiger partial charge is 0.119 e. The first-order valence-electron chi connectivity index (χ1n) is 10.1. The Morgan fingerprint density at radius 2 is 1.93 bits per heavy atom. The molecule has 154 valence electrons. The van der Waals surface area contributed by atoms with Gasteiger partial charge in [-0.15, -0.1) is 11.6 Å². The second kappa shape index (κ2) is 9.45. The minimum Gasteiger partial charge on any atom is -0.494 e. The van der Waals surface area contributed by atoms with Gasteiger partial charge in [0.2, 0.25) is 0 Å². The van der Waals surface area contributed by atoms with Crippen LogP contribution in [0.4, 0.5) is 0 Å². The average Bonchev–Trinajstić information content (AvgIpc) is 2.70. The molecule has 1 saturated heterocycles. The average molecular weight is 407 g/mol. The molecule has 0 spiro atoms. The van der Waals surface area contributed by atoms with E-state index >= 15 is 0 Å². The quantitative estimate of drug-likeness (QED) is 0.671. The third-order valence-electron chi connectivity index (χ3n) is 5.63. The number of benzene rings is 1. The standard InChI is InChI=1S/C23H31ClO4/c1-3-27-20-7-4-17(5-8-20)11-19-12-18(6-9-21(19)24)22-10-16(2)13-23(14-25,15-26)28-22/h4-8,12,16,21-22,25-26H,3,9-11,13-15H2,1-2H3. The predicted octanol–water partition coefficient (Wildman–Crippen LogP) is 4.03. The van der Waals surface area contributed by atoms with Crippen molar-refractivity contribution in [2.45, 2.75) is 56.6 Å². The summed E-state index contributed by atoms with van der Waals surface area (Å²) in [5.41, 5.74) is 2.61. The molecule has 2 N–H and O–H groups in total. The first-order chi connectivity index (χ1) is 13.5. The van der Waals surface area contributed by atoms with Crippen LogP contribution in [0.2, 0.25) is 0 Å². The van der Waals surface area contributed by atoms with Crippen molar-refractivity contribution in [3.05, 3.63) is 53.1 Å². The molecular formula is C23H31ClO4. The van der Waals surface area contributed by atoms with E-state index in [-0.39, 0.29) is 24.7 Å². The molecule has 3 unspecified atom stereocenters. The Bertz CT molecular complexity index is 706. The maximum Gasteiger partial charge on any atom is 0.119 e. The zero-order valence-electron chi connectivity index (χ0n) is 16.7. The van der Waals surface area contributed by atoms with E-state index in [1.807, 2.05) is 19.1 Å². The van der Waals surface area contributed by atoms with Gasteiger partial charge in [-0.1, -0.05) is 31.2 Å². The number of rotatable bonds is 7. The SMILES string of the molecule is CCOc1ccc(CC2=CC(C3CC(C)CC(CO)(CO)O3)=CCC2Cl)cc1. The van der Waals surface area contributed by atoms with Gasteiger partial charge < -0.3 is 19.7 Å². The summed E-state index contributed by atoms with van der Waals surface area (Å²) in [5, 5.41) is 19.5. The maximum atomic E-state index is 9.77. The van der Waals surface area contributed by atoms with Gasteiger partial charge in [-0.3, -0.25) is 0 Å². The Hall–Kier alpha value is -1.33. The monoisotopic (exact) mass is 406 g/mol. The molecule has 5 heteroatoms. The van der Waals surface area contributed by atoms with E-state index in [1.165, 1.54) is 11.1 Å². The van der Waals surface area contributed by atoms with Crippen molar-refractivity contribution in [1.82, 2.24) is 0 Å². The fraction of sp³-hybridized carbons (Fsp3) is 0.565. The van der Waals surface area contributed by atoms with Gasteiger partial charge in [-0.2, -0.15) is 0 Å². The summed E-state index contributed by atoms with van der Waals surface area (Å²) < 4.78 is 11.7. The van der Waals surface area contributed by atoms with Crippen molar-refractivity contribution in [2.24, 2.45) is 5.92 Å². The molecule has 0 bridgehead atoms. The highest BCUT2D eigenvalue weighted by molar-refractivity contribution is 6.22. The molecule has 1 aromatic rings. The molecule has 1 aliphatic heterocycles. The fourth-order valence-electron chi connectivity index (χ4n) is 4.19. The van der Waals surface area contributed by atoms with Crippen LogP contribution in [-0.2, 0) is 11.2 Å². The zero-order chi connectivity index (χ0) is 20.1. The van der Waals surface area contributed by atoms with E-state index in [9.17, 15) is 10.2 Å². The Labute approximate surface area is 172 Å². The third kappa shape index (κ3) is 4.98. The fourth-order valence-corrected chi connectivity index (χ4v) is 4.42. The molecule has 4 nitrogen and oxygen atoms in total. The minimum atomic E-state index is -0.857. The molecule has 28 heavy (non-hydrogen) atoms. The molecule has 0 amide bonds. The van der Waals surface area contributed by atoms with Crippen LogP contribution in [0.15, 0.2) is 47.6 Å². The van der Waals surface area contributed by atoms with E-state index < -0.39 is 5.60 Å². The summed E-state index contributed by atoms with van der Waals surface area (Å²) in [4.78, 5) is 0. The molecule has 1 heterocycles. The molecule has 0 radical (unpaired) electrons. The lowest BCUT2D eigenvalue weighted by atomic mass is 9.81. The molecule has 3 rings (SSSR count). The van der Waals surface area contributed by atoms with Gasteiger partial charge in [0, 0.05) is 0 Å². The first kappa shape index (κ1) is 21.4. The number of allylic oxidation sites excluding steroid dienone is 2. The summed E-state index contributed by atoms with van der Waals surface area (Å²) in [7, 11) is 0. The van der Waals surface area contributed by atoms with Crippen LogP contribution in [0.5, 0.6) is 5.75 Å². The first-order valence-corrected chi connectivity index (χ1v) is 10.6. The summed E-state index contributed by atoms with van der Waals surface area (Å²) >= 11 is 6.60. The summed E-state index contributed by atoms with van der Waals surface area (Å²) in [5.74, 6) is 1.25. The van der Waals surface area contributed by atoms with Crippen LogP contribution < -0.4 is 4.74 Å². The van der Waals surface area contributed by atoms with Crippen molar-refractivity contribution in [3.63, 3.8) is 0 Å². The van der Waals surface area contributed by atoms with Crippen LogP contribution in [0.25, 0.3) is 0 Å². The molecular weight excluding hydrogens is 376 g/mol. The number of aliphatic hydroxyl groups is 2. The van der Waals surface area contributed by atoms with E-state index in [4.69, 9.17) is 21.1 Å². The van der Waals surface area contributed by atoms with Crippen LogP contribution in [0.1, 0.15) is 38.7 Å². The van der Waals surface area contributed by atoms with Gasteiger partial charge >= 0.3 is 0 Å². The largest absolute Gasteiger partial charge is 0.494 e. The van der Waals surface area contributed by atoms with Crippen LogP contribution in [-0.4, -0.2) is 47.1 Å². The van der Waals surface area contributed by atoms with E-state index in [0.29, 0.717) is 18.9 Å². The molecule has 1 aliphatic carbocycles. The maximum absolute atomic E-state index is 9.77. The van der Waals surface area contributed by atoms with Gasteiger partial charge in [0.15, 0.2) is 0 Å². The molecule has 3 atom stereocenters. The minimum absolute atomic E-state index is 0.0308. The van der Waals surface area contributed by atoms with Gasteiger partial charge in [-0.05, 0) is 67.4 Å². The number of halogens is 1. The lowest BCUT2D eigenvalue weighted by Crippen LogP contribution is -2.49. The lowest BCUT2D eigenvalue weighted by Gasteiger charge is -2.43. The van der Waals surface area contributed by atoms with Crippen LogP contribution >= 0.6 is 11.6 Å². The summed E-state index contributed by atoms with van der Waals surface area (Å²) in [6, 6.07) is 8.14. The van der Waals surface area contributed by atoms with Gasteiger partial charge in [-0.25, -0.2) is 0 Å². The highest BCUT2D eigenvalue weighted by Gasteiger charge is 2.40. The normalized spacial score (nSPS) is 27.1. The second-order valence-corrected chi connectivity index (χ2v) is 8.56. The van der Waals surface area contributed by atoms with Crippen LogP contribution in [0, 0.1) is 5.92 Å². The topological polar surface area (TPSA) is 58.9 Å². The van der Waals surface area contributed by atoms with Gasteiger partial charge in [0.25, 0.3) is 0 Å². The van der Waals surface area contributed by atoms with Gasteiger partial charge in [0.1, 0.15) is 11.4 Å². The van der Waals surface area contributed by atoms with E-state index in [1.54, 1.807) is 0 Å². The summed E-state index contributed by atoms with van der Waals surface area (Å²) in [6.45, 7) is 4.44. The number of hydrogen-bond acceptors (Lipinski definition) is 4. The number of alkyl halides is 1. The lowest BCUT2D eigenvalue weighted by molar-refractivity contribution is -0.170. The molecule has 0 aromatic heterocycles. The highest BCUT2D eigenvalue weighted by Crippen LogP contribution is 2.38. The van der Waals surface area contributed by atoms with Crippen molar-refractivity contribution in [3.8, 4) is 5.75 Å². The van der Waals surface area contributed by atoms with Gasteiger partial charge in [0.05, 0.1) is 31.3 Å². The number of aliphatic hydroxyl groups excluding tert-OH is 2. The Kier molecular flexibility index (Phi) is 7.21. The van der Waals surface area contributed by atoms with Crippen molar-refractivity contribution in [2.75, 3.05) is 19.8 Å². The Morgan fingerprint density at radius 1 is 1.21 bits per heavy atom. The van der Waals surface area contributed by atoms with E-state index in [2.05, 4.69) is 31.2 Å². The van der Waals surface area contributed by atoms with Crippen molar-refractivity contribution >= 4 is 11.6 Å². The molecule has 0 saturated carbocycles.